The smallest absolute Gasteiger partial charge is 0.00608 e. The highest BCUT2D eigenvalue weighted by Crippen LogP contribution is 2.76. The Kier molecular flexibility index (Phi) is 2.86. The minimum atomic E-state index is -0.140. The second kappa shape index (κ2) is 3.92. The third-order valence-electron chi connectivity index (χ3n) is 6.48. The van der Waals surface area contributed by atoms with E-state index in [1.165, 1.54) is 18.6 Å². The molecule has 0 aromatic heterocycles. The van der Waals surface area contributed by atoms with E-state index < -0.39 is 0 Å². The Morgan fingerprint density at radius 2 is 1.88 bits per heavy atom. The molecular formula is C16H30S. The zero-order chi connectivity index (χ0) is 12.3. The van der Waals surface area contributed by atoms with Crippen molar-refractivity contribution in [3.63, 3.8) is 0 Å². The molecule has 0 radical (unpaired) electrons. The maximum Gasteiger partial charge on any atom is -0.00608 e. The molecule has 0 aromatic rings. The maximum absolute atomic E-state index is 2.63. The van der Waals surface area contributed by atoms with E-state index in [1.54, 1.807) is 25.0 Å². The molecule has 6 unspecified atom stereocenters. The summed E-state index contributed by atoms with van der Waals surface area (Å²) in [5.41, 5.74) is 0.736. The fourth-order valence-electron chi connectivity index (χ4n) is 5.33. The first-order valence-electron chi connectivity index (χ1n) is 7.76. The van der Waals surface area contributed by atoms with Gasteiger partial charge in [0.05, 0.1) is 0 Å². The molecule has 100 valence electrons. The second-order valence-corrected chi connectivity index (χ2v) is 12.0. The Labute approximate surface area is 109 Å². The number of hydrogen-bond donors (Lipinski definition) is 0. The molecular weight excluding hydrogens is 224 g/mol. The summed E-state index contributed by atoms with van der Waals surface area (Å²) < 4.78 is 0. The first kappa shape index (κ1) is 12.4. The van der Waals surface area contributed by atoms with Gasteiger partial charge in [-0.3, -0.25) is 0 Å². The van der Waals surface area contributed by atoms with Crippen LogP contribution in [0, 0.1) is 17.3 Å². The highest BCUT2D eigenvalue weighted by molar-refractivity contribution is 8.40. The lowest BCUT2D eigenvalue weighted by Crippen LogP contribution is -2.29. The van der Waals surface area contributed by atoms with Crippen molar-refractivity contribution in [2.75, 3.05) is 11.5 Å². The molecule has 0 bridgehead atoms. The zero-order valence-electron chi connectivity index (χ0n) is 12.2. The van der Waals surface area contributed by atoms with Gasteiger partial charge in [0.25, 0.3) is 0 Å². The van der Waals surface area contributed by atoms with E-state index in [0.717, 1.165) is 27.8 Å². The summed E-state index contributed by atoms with van der Waals surface area (Å²) in [7, 11) is -0.140. The number of rotatable bonds is 2. The van der Waals surface area contributed by atoms with E-state index in [4.69, 9.17) is 0 Å². The SMILES string of the molecule is CCS1(C2CC3CCC(C)CC3(C)C2)CC1C. The third-order valence-corrected chi connectivity index (χ3v) is 11.7. The zero-order valence-corrected chi connectivity index (χ0v) is 13.0. The van der Waals surface area contributed by atoms with Crippen molar-refractivity contribution in [3.05, 3.63) is 0 Å². The lowest BCUT2D eigenvalue weighted by atomic mass is 9.66. The summed E-state index contributed by atoms with van der Waals surface area (Å²) >= 11 is 0. The van der Waals surface area contributed by atoms with Gasteiger partial charge in [-0.2, -0.15) is 0 Å². The van der Waals surface area contributed by atoms with Crippen LogP contribution in [0.15, 0.2) is 0 Å². The third kappa shape index (κ3) is 1.79. The largest absolute Gasteiger partial charge is 0.234 e. The van der Waals surface area contributed by atoms with Crippen LogP contribution in [-0.4, -0.2) is 22.0 Å². The van der Waals surface area contributed by atoms with E-state index in [0.29, 0.717) is 0 Å². The minimum Gasteiger partial charge on any atom is -0.234 e. The van der Waals surface area contributed by atoms with Gasteiger partial charge < -0.3 is 0 Å². The van der Waals surface area contributed by atoms with Gasteiger partial charge in [-0.1, -0.05) is 34.1 Å². The predicted octanol–water partition coefficient (Wildman–Crippen LogP) is 4.82. The van der Waals surface area contributed by atoms with Gasteiger partial charge in [0.2, 0.25) is 0 Å². The van der Waals surface area contributed by atoms with E-state index >= 15 is 0 Å². The van der Waals surface area contributed by atoms with Gasteiger partial charge in [-0.05, 0) is 64.9 Å². The molecule has 3 aliphatic rings. The number of fused-ring (bicyclic) bond motifs is 1. The Morgan fingerprint density at radius 3 is 2.47 bits per heavy atom. The van der Waals surface area contributed by atoms with Crippen molar-refractivity contribution < 1.29 is 0 Å². The second-order valence-electron chi connectivity index (χ2n) is 7.57. The van der Waals surface area contributed by atoms with Crippen LogP contribution in [0.25, 0.3) is 0 Å². The predicted molar refractivity (Wildman–Crippen MR) is 80.1 cm³/mol. The number of hydrogen-bond acceptors (Lipinski definition) is 0. The molecule has 0 nitrogen and oxygen atoms in total. The van der Waals surface area contributed by atoms with Crippen molar-refractivity contribution in [2.45, 2.75) is 70.3 Å². The quantitative estimate of drug-likeness (QED) is 0.620. The van der Waals surface area contributed by atoms with Gasteiger partial charge in [-0.15, -0.1) is 0 Å². The first-order valence-corrected chi connectivity index (χ1v) is 9.86. The van der Waals surface area contributed by atoms with Crippen LogP contribution in [0.4, 0.5) is 0 Å². The summed E-state index contributed by atoms with van der Waals surface area (Å²) in [6.07, 6.45) is 7.78. The standard InChI is InChI=1S/C16H30S/c1-5-17(11-13(17)3)15-8-14-7-6-12(2)9-16(14,4)10-15/h12-15H,5-11H2,1-4H3. The summed E-state index contributed by atoms with van der Waals surface area (Å²) in [6, 6.07) is 0. The monoisotopic (exact) mass is 254 g/mol. The van der Waals surface area contributed by atoms with Crippen LogP contribution in [0.5, 0.6) is 0 Å². The van der Waals surface area contributed by atoms with Crippen LogP contribution < -0.4 is 0 Å². The normalized spacial score (nSPS) is 61.6. The fourth-order valence-corrected chi connectivity index (χ4v) is 10.2. The van der Waals surface area contributed by atoms with E-state index in [2.05, 4.69) is 27.7 Å². The summed E-state index contributed by atoms with van der Waals surface area (Å²) in [5, 5.41) is 2.27. The molecule has 3 fully saturated rings. The van der Waals surface area contributed by atoms with Crippen molar-refractivity contribution in [1.29, 1.82) is 0 Å². The van der Waals surface area contributed by atoms with E-state index in [-0.39, 0.29) is 10.0 Å². The Morgan fingerprint density at radius 1 is 1.18 bits per heavy atom. The van der Waals surface area contributed by atoms with E-state index in [9.17, 15) is 0 Å². The molecule has 1 heterocycles. The van der Waals surface area contributed by atoms with Crippen LogP contribution in [-0.2, 0) is 0 Å². The minimum absolute atomic E-state index is 0.140. The average molecular weight is 254 g/mol. The van der Waals surface area contributed by atoms with Gasteiger partial charge >= 0.3 is 0 Å². The first-order chi connectivity index (χ1) is 8.00. The van der Waals surface area contributed by atoms with Crippen LogP contribution in [0.3, 0.4) is 0 Å². The van der Waals surface area contributed by atoms with Crippen LogP contribution in [0.2, 0.25) is 0 Å². The van der Waals surface area contributed by atoms with Crippen molar-refractivity contribution in [3.8, 4) is 0 Å². The summed E-state index contributed by atoms with van der Waals surface area (Å²) in [4.78, 5) is 0. The molecule has 3 rings (SSSR count). The summed E-state index contributed by atoms with van der Waals surface area (Å²) in [5.74, 6) is 5.23. The molecule has 17 heavy (non-hydrogen) atoms. The maximum atomic E-state index is 2.63. The Balaban J connectivity index is 1.76. The highest BCUT2D eigenvalue weighted by Gasteiger charge is 2.57. The topological polar surface area (TPSA) is 0 Å². The summed E-state index contributed by atoms with van der Waals surface area (Å²) in [6.45, 7) is 10.1. The van der Waals surface area contributed by atoms with Gasteiger partial charge in [0.1, 0.15) is 0 Å². The molecule has 2 saturated carbocycles. The molecule has 2 aliphatic carbocycles. The molecule has 0 spiro atoms. The molecule has 1 aliphatic heterocycles. The van der Waals surface area contributed by atoms with Crippen molar-refractivity contribution >= 4 is 10.0 Å². The molecule has 1 saturated heterocycles. The van der Waals surface area contributed by atoms with Gasteiger partial charge in [0, 0.05) is 0 Å². The average Bonchev–Trinajstić information content (AvgIpc) is 2.80. The van der Waals surface area contributed by atoms with Crippen LogP contribution >= 0.6 is 10.0 Å². The molecule has 1 heteroatoms. The van der Waals surface area contributed by atoms with Gasteiger partial charge in [-0.25, -0.2) is 10.0 Å². The van der Waals surface area contributed by atoms with E-state index in [1.807, 2.05) is 0 Å². The lowest BCUT2D eigenvalue weighted by Gasteiger charge is -2.39. The van der Waals surface area contributed by atoms with Gasteiger partial charge in [0.15, 0.2) is 0 Å². The highest BCUT2D eigenvalue weighted by atomic mass is 32.3. The molecule has 0 aromatic carbocycles. The molecule has 0 N–H and O–H groups in total. The van der Waals surface area contributed by atoms with Crippen molar-refractivity contribution in [2.24, 2.45) is 17.3 Å². The molecule has 6 atom stereocenters. The fraction of sp³-hybridized carbons (Fsp3) is 1.00. The lowest BCUT2D eigenvalue weighted by molar-refractivity contribution is 0.114. The van der Waals surface area contributed by atoms with Crippen LogP contribution in [0.1, 0.15) is 59.8 Å². The molecule has 0 amide bonds. The van der Waals surface area contributed by atoms with Crippen molar-refractivity contribution in [1.82, 2.24) is 0 Å². The Hall–Kier alpha value is 0.350. The Bertz CT molecular complexity index is 309.